The third-order valence-corrected chi connectivity index (χ3v) is 5.78. The van der Waals surface area contributed by atoms with Crippen LogP contribution < -0.4 is 5.73 Å². The van der Waals surface area contributed by atoms with Gasteiger partial charge < -0.3 is 10.5 Å². The lowest BCUT2D eigenvalue weighted by Crippen LogP contribution is -2.51. The summed E-state index contributed by atoms with van der Waals surface area (Å²) in [4.78, 5) is 43.6. The molecule has 0 aliphatic rings. The number of unbranched alkanes of at least 4 members (excludes halogenated alkanes) is 11. The minimum atomic E-state index is -1.77. The highest BCUT2D eigenvalue weighted by atomic mass is 32.2. The van der Waals surface area contributed by atoms with Crippen molar-refractivity contribution in [2.75, 3.05) is 12.0 Å². The molecule has 0 heterocycles. The molecule has 0 saturated heterocycles. The van der Waals surface area contributed by atoms with Crippen molar-refractivity contribution >= 4 is 30.0 Å². The van der Waals surface area contributed by atoms with Crippen LogP contribution in [0.1, 0.15) is 103 Å². The second kappa shape index (κ2) is 20.6. The molecule has 180 valence electrons. The van der Waals surface area contributed by atoms with Crippen LogP contribution in [0.2, 0.25) is 0 Å². The molecule has 7 heteroatoms. The maximum Gasteiger partial charge on any atom is 0.382 e. The molecular weight excluding hydrogens is 414 g/mol. The number of thioether (sulfide) groups is 1. The van der Waals surface area contributed by atoms with E-state index < -0.39 is 17.5 Å². The molecule has 0 fully saturated rings. The van der Waals surface area contributed by atoms with Crippen LogP contribution in [-0.2, 0) is 24.2 Å². The zero-order valence-corrected chi connectivity index (χ0v) is 20.4. The molecule has 1 unspecified atom stereocenters. The van der Waals surface area contributed by atoms with Crippen LogP contribution in [-0.4, -0.2) is 35.8 Å². The summed E-state index contributed by atoms with van der Waals surface area (Å²) in [5, 5.41) is 0. The lowest BCUT2D eigenvalue weighted by Gasteiger charge is -2.18. The number of carbonyl (C=O) groups is 3. The van der Waals surface area contributed by atoms with E-state index in [4.69, 9.17) is 5.73 Å². The van der Waals surface area contributed by atoms with Crippen molar-refractivity contribution < 1.29 is 24.2 Å². The second-order valence-corrected chi connectivity index (χ2v) is 9.05. The van der Waals surface area contributed by atoms with Crippen LogP contribution in [0, 0.1) is 0 Å². The first-order valence-corrected chi connectivity index (χ1v) is 13.2. The van der Waals surface area contributed by atoms with Gasteiger partial charge in [-0.15, -0.1) is 0 Å². The van der Waals surface area contributed by atoms with Gasteiger partial charge in [0, 0.05) is 0 Å². The fourth-order valence-electron chi connectivity index (χ4n) is 3.02. The van der Waals surface area contributed by atoms with Gasteiger partial charge in [-0.25, -0.2) is 19.4 Å². The van der Waals surface area contributed by atoms with Gasteiger partial charge in [-0.2, -0.15) is 11.8 Å². The predicted octanol–water partition coefficient (Wildman–Crippen LogP) is 5.67. The molecule has 0 aliphatic carbocycles. The molecule has 0 spiro atoms. The monoisotopic (exact) mass is 457 g/mol. The van der Waals surface area contributed by atoms with Crippen molar-refractivity contribution in [2.45, 2.75) is 109 Å². The van der Waals surface area contributed by atoms with Gasteiger partial charge in [-0.3, -0.25) is 0 Å². The Bertz CT molecular complexity index is 512. The van der Waals surface area contributed by atoms with Gasteiger partial charge in [0.15, 0.2) is 11.8 Å². The molecule has 0 aliphatic heterocycles. The van der Waals surface area contributed by atoms with E-state index in [1.54, 1.807) is 0 Å². The summed E-state index contributed by atoms with van der Waals surface area (Å²) in [6, 6.07) is 0. The average Bonchev–Trinajstić information content (AvgIpc) is 2.78. The van der Waals surface area contributed by atoms with Crippen molar-refractivity contribution in [1.82, 2.24) is 0 Å². The van der Waals surface area contributed by atoms with E-state index in [2.05, 4.69) is 28.9 Å². The maximum atomic E-state index is 11.8. The van der Waals surface area contributed by atoms with Crippen LogP contribution in [0.25, 0.3) is 0 Å². The van der Waals surface area contributed by atoms with Crippen LogP contribution in [0.4, 0.5) is 0 Å². The first-order valence-electron chi connectivity index (χ1n) is 11.8. The Balaban J connectivity index is 3.60. The summed E-state index contributed by atoms with van der Waals surface area (Å²) < 4.78 is 0. The lowest BCUT2D eigenvalue weighted by molar-refractivity contribution is -0.262. The van der Waals surface area contributed by atoms with Crippen molar-refractivity contribution in [1.29, 1.82) is 0 Å². The Morgan fingerprint density at radius 2 is 1.42 bits per heavy atom. The van der Waals surface area contributed by atoms with E-state index in [0.29, 0.717) is 18.5 Å². The zero-order chi connectivity index (χ0) is 23.2. The van der Waals surface area contributed by atoms with Gasteiger partial charge >= 0.3 is 11.9 Å². The second-order valence-electron chi connectivity index (χ2n) is 8.06. The predicted molar refractivity (Wildman–Crippen MR) is 128 cm³/mol. The molecular formula is C24H43NO5S. The molecule has 2 N–H and O–H groups in total. The molecule has 0 amide bonds. The first kappa shape index (κ1) is 29.7. The van der Waals surface area contributed by atoms with Gasteiger partial charge in [0.2, 0.25) is 0 Å². The first-order chi connectivity index (χ1) is 15.0. The minimum Gasteiger partial charge on any atom is -0.310 e. The Hall–Kier alpha value is -1.34. The third kappa shape index (κ3) is 17.0. The molecule has 0 aromatic rings. The summed E-state index contributed by atoms with van der Waals surface area (Å²) in [6.07, 6.45) is 22.4. The summed E-state index contributed by atoms with van der Waals surface area (Å²) in [5.41, 5.74) is 3.93. The van der Waals surface area contributed by atoms with E-state index in [1.807, 2.05) is 6.26 Å². The molecule has 0 rings (SSSR count). The van der Waals surface area contributed by atoms with E-state index in [0.717, 1.165) is 32.1 Å². The number of nitrogens with two attached hydrogens (primary N) is 1. The summed E-state index contributed by atoms with van der Waals surface area (Å²) >= 11 is 1.45. The van der Waals surface area contributed by atoms with Gasteiger partial charge in [0.05, 0.1) is 6.42 Å². The highest BCUT2D eigenvalue weighted by Crippen LogP contribution is 2.12. The Labute approximate surface area is 193 Å². The molecule has 0 aromatic carbocycles. The van der Waals surface area contributed by atoms with Crippen LogP contribution >= 0.6 is 11.8 Å². The van der Waals surface area contributed by atoms with Crippen LogP contribution in [0.15, 0.2) is 12.2 Å². The molecule has 0 aromatic heterocycles. The molecule has 0 saturated carbocycles. The van der Waals surface area contributed by atoms with Crippen molar-refractivity contribution in [3.63, 3.8) is 0 Å². The molecule has 0 radical (unpaired) electrons. The summed E-state index contributed by atoms with van der Waals surface area (Å²) in [5.74, 6) is -1.13. The Morgan fingerprint density at radius 3 is 1.97 bits per heavy atom. The smallest absolute Gasteiger partial charge is 0.310 e. The Morgan fingerprint density at radius 1 is 0.871 bits per heavy atom. The highest BCUT2D eigenvalue weighted by Gasteiger charge is 2.37. The molecule has 31 heavy (non-hydrogen) atoms. The van der Waals surface area contributed by atoms with E-state index in [1.165, 1.54) is 56.7 Å². The van der Waals surface area contributed by atoms with E-state index in [9.17, 15) is 14.4 Å². The minimum absolute atomic E-state index is 0.127. The van der Waals surface area contributed by atoms with Crippen molar-refractivity contribution in [3.8, 4) is 0 Å². The van der Waals surface area contributed by atoms with Crippen molar-refractivity contribution in [2.24, 2.45) is 5.73 Å². The number of aldehydes is 1. The van der Waals surface area contributed by atoms with Crippen molar-refractivity contribution in [3.05, 3.63) is 12.2 Å². The quantitative estimate of drug-likeness (QED) is 0.0628. The number of hydrogen-bond acceptors (Lipinski definition) is 7. The Kier molecular flexibility index (Phi) is 19.7. The molecule has 1 atom stereocenters. The molecule has 6 nitrogen and oxygen atoms in total. The number of hydrogen-bond donors (Lipinski definition) is 1. The topological polar surface area (TPSA) is 95.7 Å². The standard InChI is InChI=1S/C24H43NO5S/c1-3-4-5-6-7-8-9-10-11-12-13-14-15-16-17-18-22(27)29-30-23(28)24(25,21-26)19-20-31-2/h10-11,21H,3-9,12-20,25H2,1-2H3/b11-10-. The molecule has 0 bridgehead atoms. The third-order valence-electron chi connectivity index (χ3n) is 5.16. The SMILES string of the molecule is CCCCCCCC/C=C\CCCCCCCC(=O)OOC(=O)C(N)(C=O)CCSC. The number of allylic oxidation sites excluding steroid dienone is 2. The van der Waals surface area contributed by atoms with Gasteiger partial charge in [-0.05, 0) is 50.5 Å². The van der Waals surface area contributed by atoms with E-state index >= 15 is 0 Å². The lowest BCUT2D eigenvalue weighted by atomic mass is 10.0. The van der Waals surface area contributed by atoms with Gasteiger partial charge in [0.1, 0.15) is 0 Å². The summed E-state index contributed by atoms with van der Waals surface area (Å²) in [6.45, 7) is 2.24. The highest BCUT2D eigenvalue weighted by molar-refractivity contribution is 7.98. The normalized spacial score (nSPS) is 13.1. The van der Waals surface area contributed by atoms with Gasteiger partial charge in [-0.1, -0.05) is 70.4 Å². The van der Waals surface area contributed by atoms with E-state index in [-0.39, 0.29) is 12.8 Å². The zero-order valence-electron chi connectivity index (χ0n) is 19.6. The summed E-state index contributed by atoms with van der Waals surface area (Å²) in [7, 11) is 0. The average molecular weight is 458 g/mol. The largest absolute Gasteiger partial charge is 0.382 e. The van der Waals surface area contributed by atoms with Crippen LogP contribution in [0.5, 0.6) is 0 Å². The van der Waals surface area contributed by atoms with Gasteiger partial charge in [0.25, 0.3) is 0 Å². The fraction of sp³-hybridized carbons (Fsp3) is 0.792. The fourth-order valence-corrected chi connectivity index (χ4v) is 3.57. The number of carbonyl (C=O) groups excluding carboxylic acids is 3. The van der Waals surface area contributed by atoms with Crippen LogP contribution in [0.3, 0.4) is 0 Å². The maximum absolute atomic E-state index is 11.8. The number of rotatable bonds is 20.